The number of rotatable bonds is 2. The molecule has 1 aliphatic rings. The number of aromatic hydroxyl groups is 1. The van der Waals surface area contributed by atoms with E-state index in [4.69, 9.17) is 21.1 Å². The fourth-order valence-corrected chi connectivity index (χ4v) is 2.05. The number of halogens is 1. The molecule has 0 aliphatic carbocycles. The molecule has 1 N–H and O–H groups in total. The molecule has 1 fully saturated rings. The van der Waals surface area contributed by atoms with E-state index in [9.17, 15) is 5.11 Å². The van der Waals surface area contributed by atoms with Crippen LogP contribution in [0.1, 0.15) is 19.4 Å². The Hall–Kier alpha value is -0.770. The summed E-state index contributed by atoms with van der Waals surface area (Å²) >= 11 is 5.99. The number of hydrogen-bond donors (Lipinski definition) is 1. The molecule has 4 heteroatoms. The SMILES string of the molecule is CC1(C)COC(CCl)(c2ccc(O)cc2)OC1. The molecule has 0 spiro atoms. The van der Waals surface area contributed by atoms with Gasteiger partial charge in [-0.3, -0.25) is 0 Å². The molecule has 1 heterocycles. The van der Waals surface area contributed by atoms with Crippen LogP contribution in [0, 0.1) is 5.41 Å². The lowest BCUT2D eigenvalue weighted by atomic mass is 9.93. The van der Waals surface area contributed by atoms with Gasteiger partial charge in [0.05, 0.1) is 19.1 Å². The van der Waals surface area contributed by atoms with Crippen LogP contribution in [0.4, 0.5) is 0 Å². The molecule has 0 atom stereocenters. The Balaban J connectivity index is 2.24. The van der Waals surface area contributed by atoms with Crippen LogP contribution in [0.15, 0.2) is 24.3 Å². The Morgan fingerprint density at radius 3 is 2.18 bits per heavy atom. The van der Waals surface area contributed by atoms with Gasteiger partial charge in [-0.15, -0.1) is 11.6 Å². The van der Waals surface area contributed by atoms with Gasteiger partial charge in [0, 0.05) is 11.0 Å². The number of phenolic OH excluding ortho intramolecular Hbond substituents is 1. The maximum atomic E-state index is 9.28. The third kappa shape index (κ3) is 2.57. The molecule has 1 aromatic rings. The minimum atomic E-state index is -0.884. The summed E-state index contributed by atoms with van der Waals surface area (Å²) in [6, 6.07) is 6.76. The molecular formula is C13H17ClO3. The van der Waals surface area contributed by atoms with Crippen LogP contribution < -0.4 is 0 Å². The number of phenols is 1. The Morgan fingerprint density at radius 1 is 1.18 bits per heavy atom. The van der Waals surface area contributed by atoms with E-state index in [1.807, 2.05) is 0 Å². The summed E-state index contributed by atoms with van der Waals surface area (Å²) in [6.07, 6.45) is 0. The fraction of sp³-hybridized carbons (Fsp3) is 0.538. The van der Waals surface area contributed by atoms with Crippen molar-refractivity contribution in [3.05, 3.63) is 29.8 Å². The lowest BCUT2D eigenvalue weighted by Crippen LogP contribution is -2.46. The second-order valence-corrected chi connectivity index (χ2v) is 5.44. The van der Waals surface area contributed by atoms with Crippen molar-refractivity contribution in [2.45, 2.75) is 19.6 Å². The molecule has 17 heavy (non-hydrogen) atoms. The van der Waals surface area contributed by atoms with E-state index in [1.54, 1.807) is 24.3 Å². The monoisotopic (exact) mass is 256 g/mol. The summed E-state index contributed by atoms with van der Waals surface area (Å²) in [5.74, 6) is -0.437. The summed E-state index contributed by atoms with van der Waals surface area (Å²) in [5, 5.41) is 9.28. The Bertz CT molecular complexity index is 376. The summed E-state index contributed by atoms with van der Waals surface area (Å²) in [6.45, 7) is 5.37. The van der Waals surface area contributed by atoms with Crippen molar-refractivity contribution in [2.75, 3.05) is 19.1 Å². The van der Waals surface area contributed by atoms with Crippen molar-refractivity contribution in [2.24, 2.45) is 5.41 Å². The van der Waals surface area contributed by atoms with Crippen molar-refractivity contribution >= 4 is 11.6 Å². The molecule has 1 saturated heterocycles. The van der Waals surface area contributed by atoms with Gasteiger partial charge in [0.2, 0.25) is 5.79 Å². The minimum Gasteiger partial charge on any atom is -0.508 e. The van der Waals surface area contributed by atoms with Crippen LogP contribution in [-0.4, -0.2) is 24.2 Å². The molecule has 0 radical (unpaired) electrons. The standard InChI is InChI=1S/C13H17ClO3/c1-12(2)8-16-13(7-14,17-9-12)10-3-5-11(15)6-4-10/h3-6,15H,7-9H2,1-2H3. The lowest BCUT2D eigenvalue weighted by Gasteiger charge is -2.42. The van der Waals surface area contributed by atoms with Crippen LogP contribution >= 0.6 is 11.6 Å². The van der Waals surface area contributed by atoms with Crippen LogP contribution in [0.2, 0.25) is 0 Å². The van der Waals surface area contributed by atoms with Gasteiger partial charge in [0.15, 0.2) is 0 Å². The average molecular weight is 257 g/mol. The van der Waals surface area contributed by atoms with Gasteiger partial charge in [-0.05, 0) is 24.3 Å². The average Bonchev–Trinajstić information content (AvgIpc) is 2.31. The quantitative estimate of drug-likeness (QED) is 0.827. The summed E-state index contributed by atoms with van der Waals surface area (Å²) in [5.41, 5.74) is 0.841. The first kappa shape index (κ1) is 12.7. The second kappa shape index (κ2) is 4.48. The molecule has 0 saturated carbocycles. The second-order valence-electron chi connectivity index (χ2n) is 5.17. The van der Waals surface area contributed by atoms with E-state index in [2.05, 4.69) is 13.8 Å². The molecular weight excluding hydrogens is 240 g/mol. The fourth-order valence-electron chi connectivity index (χ4n) is 1.74. The van der Waals surface area contributed by atoms with Crippen molar-refractivity contribution in [1.82, 2.24) is 0 Å². The summed E-state index contributed by atoms with van der Waals surface area (Å²) in [4.78, 5) is 0. The highest BCUT2D eigenvalue weighted by Crippen LogP contribution is 2.37. The van der Waals surface area contributed by atoms with Crippen molar-refractivity contribution in [3.63, 3.8) is 0 Å². The third-order valence-electron chi connectivity index (χ3n) is 2.88. The smallest absolute Gasteiger partial charge is 0.208 e. The molecule has 0 bridgehead atoms. The Morgan fingerprint density at radius 2 is 1.71 bits per heavy atom. The van der Waals surface area contributed by atoms with E-state index >= 15 is 0 Å². The summed E-state index contributed by atoms with van der Waals surface area (Å²) in [7, 11) is 0. The number of hydrogen-bond acceptors (Lipinski definition) is 3. The molecule has 0 aromatic heterocycles. The predicted octanol–water partition coefficient (Wildman–Crippen LogP) is 2.86. The zero-order valence-corrected chi connectivity index (χ0v) is 10.8. The molecule has 0 amide bonds. The van der Waals surface area contributed by atoms with Gasteiger partial charge >= 0.3 is 0 Å². The van der Waals surface area contributed by atoms with Gasteiger partial charge in [0.1, 0.15) is 5.75 Å². The van der Waals surface area contributed by atoms with Gasteiger partial charge in [-0.2, -0.15) is 0 Å². The van der Waals surface area contributed by atoms with Crippen molar-refractivity contribution in [3.8, 4) is 5.75 Å². The molecule has 2 rings (SSSR count). The highest BCUT2D eigenvalue weighted by Gasteiger charge is 2.41. The lowest BCUT2D eigenvalue weighted by molar-refractivity contribution is -0.295. The number of benzene rings is 1. The normalized spacial score (nSPS) is 22.3. The van der Waals surface area contributed by atoms with E-state index in [0.29, 0.717) is 13.2 Å². The first-order valence-corrected chi connectivity index (χ1v) is 6.14. The third-order valence-corrected chi connectivity index (χ3v) is 3.23. The highest BCUT2D eigenvalue weighted by molar-refractivity contribution is 6.18. The first-order valence-electron chi connectivity index (χ1n) is 5.61. The van der Waals surface area contributed by atoms with Gasteiger partial charge in [-0.1, -0.05) is 13.8 Å². The number of alkyl halides is 1. The Labute approximate surface area is 106 Å². The summed E-state index contributed by atoms with van der Waals surface area (Å²) < 4.78 is 11.6. The maximum Gasteiger partial charge on any atom is 0.208 e. The van der Waals surface area contributed by atoms with E-state index in [1.165, 1.54) is 0 Å². The topological polar surface area (TPSA) is 38.7 Å². The molecule has 1 aromatic carbocycles. The molecule has 3 nitrogen and oxygen atoms in total. The molecule has 0 unspecified atom stereocenters. The van der Waals surface area contributed by atoms with Crippen LogP contribution in [-0.2, 0) is 15.3 Å². The predicted molar refractivity (Wildman–Crippen MR) is 66.2 cm³/mol. The number of ether oxygens (including phenoxy) is 2. The van der Waals surface area contributed by atoms with E-state index in [-0.39, 0.29) is 17.0 Å². The Kier molecular flexibility index (Phi) is 3.34. The van der Waals surface area contributed by atoms with Crippen LogP contribution in [0.3, 0.4) is 0 Å². The first-order chi connectivity index (χ1) is 7.97. The zero-order valence-electron chi connectivity index (χ0n) is 10.1. The van der Waals surface area contributed by atoms with Crippen LogP contribution in [0.5, 0.6) is 5.75 Å². The van der Waals surface area contributed by atoms with E-state index < -0.39 is 5.79 Å². The largest absolute Gasteiger partial charge is 0.508 e. The maximum absolute atomic E-state index is 9.28. The van der Waals surface area contributed by atoms with Gasteiger partial charge in [-0.25, -0.2) is 0 Å². The van der Waals surface area contributed by atoms with Gasteiger partial charge < -0.3 is 14.6 Å². The minimum absolute atomic E-state index is 0.00643. The zero-order chi connectivity index (χ0) is 12.5. The van der Waals surface area contributed by atoms with E-state index in [0.717, 1.165) is 5.56 Å². The van der Waals surface area contributed by atoms with Crippen molar-refractivity contribution in [1.29, 1.82) is 0 Å². The molecule has 1 aliphatic heterocycles. The molecule has 94 valence electrons. The van der Waals surface area contributed by atoms with Crippen molar-refractivity contribution < 1.29 is 14.6 Å². The van der Waals surface area contributed by atoms with Gasteiger partial charge in [0.25, 0.3) is 0 Å². The highest BCUT2D eigenvalue weighted by atomic mass is 35.5. The van der Waals surface area contributed by atoms with Crippen LogP contribution in [0.25, 0.3) is 0 Å².